The molecule has 1 unspecified atom stereocenters. The molecule has 5 heteroatoms. The third-order valence-corrected chi connectivity index (χ3v) is 2.50. The normalized spacial score (nSPS) is 11.9. The highest BCUT2D eigenvalue weighted by molar-refractivity contribution is 5.94. The predicted molar refractivity (Wildman–Crippen MR) is 64.8 cm³/mol. The molecule has 4 nitrogen and oxygen atoms in total. The molecule has 0 saturated heterocycles. The number of carboxylic acids is 1. The molecule has 1 atom stereocenters. The van der Waals surface area contributed by atoms with Crippen molar-refractivity contribution in [2.24, 2.45) is 0 Å². The first-order chi connectivity index (χ1) is 8.52. The van der Waals surface area contributed by atoms with Gasteiger partial charge in [-0.25, -0.2) is 4.39 Å². The van der Waals surface area contributed by atoms with Crippen LogP contribution in [0.2, 0.25) is 0 Å². The first-order valence-electron chi connectivity index (χ1n) is 5.81. The van der Waals surface area contributed by atoms with Gasteiger partial charge in [-0.15, -0.1) is 0 Å². The standard InChI is InChI=1S/C13H16FNO3/c1-2-3-11(8-12(16)17)15-13(18)9-4-6-10(14)7-5-9/h4-7,11H,2-3,8H2,1H3,(H,15,18)(H,16,17). The van der Waals surface area contributed by atoms with E-state index in [1.807, 2.05) is 6.92 Å². The Morgan fingerprint density at radius 1 is 1.33 bits per heavy atom. The molecule has 0 fully saturated rings. The number of hydrogen-bond acceptors (Lipinski definition) is 2. The van der Waals surface area contributed by atoms with E-state index >= 15 is 0 Å². The molecule has 0 heterocycles. The van der Waals surface area contributed by atoms with E-state index in [4.69, 9.17) is 5.11 Å². The summed E-state index contributed by atoms with van der Waals surface area (Å²) in [5.74, 6) is -1.75. The highest BCUT2D eigenvalue weighted by Gasteiger charge is 2.16. The van der Waals surface area contributed by atoms with Crippen LogP contribution in [0.5, 0.6) is 0 Å². The first kappa shape index (κ1) is 14.2. The van der Waals surface area contributed by atoms with Crippen molar-refractivity contribution in [2.45, 2.75) is 32.2 Å². The maximum Gasteiger partial charge on any atom is 0.305 e. The third-order valence-electron chi connectivity index (χ3n) is 2.50. The zero-order valence-corrected chi connectivity index (χ0v) is 10.1. The van der Waals surface area contributed by atoms with Crippen LogP contribution in [-0.2, 0) is 4.79 Å². The molecule has 98 valence electrons. The maximum absolute atomic E-state index is 12.7. The van der Waals surface area contributed by atoms with Gasteiger partial charge in [0, 0.05) is 11.6 Å². The lowest BCUT2D eigenvalue weighted by Gasteiger charge is -2.16. The van der Waals surface area contributed by atoms with Gasteiger partial charge in [-0.05, 0) is 30.7 Å². The van der Waals surface area contributed by atoms with Crippen LogP contribution in [0.25, 0.3) is 0 Å². The topological polar surface area (TPSA) is 66.4 Å². The van der Waals surface area contributed by atoms with E-state index < -0.39 is 17.8 Å². The number of hydrogen-bond donors (Lipinski definition) is 2. The highest BCUT2D eigenvalue weighted by atomic mass is 19.1. The lowest BCUT2D eigenvalue weighted by Crippen LogP contribution is -2.36. The number of aliphatic carboxylic acids is 1. The van der Waals surface area contributed by atoms with Gasteiger partial charge in [0.2, 0.25) is 0 Å². The molecule has 0 radical (unpaired) electrons. The molecule has 0 aliphatic rings. The predicted octanol–water partition coefficient (Wildman–Crippen LogP) is 2.20. The van der Waals surface area contributed by atoms with Gasteiger partial charge >= 0.3 is 5.97 Å². The molecule has 0 aliphatic carbocycles. The van der Waals surface area contributed by atoms with Crippen molar-refractivity contribution in [3.8, 4) is 0 Å². The Morgan fingerprint density at radius 2 is 1.94 bits per heavy atom. The Kier molecular flexibility index (Phi) is 5.30. The van der Waals surface area contributed by atoms with Crippen LogP contribution >= 0.6 is 0 Å². The maximum atomic E-state index is 12.7. The van der Waals surface area contributed by atoms with E-state index in [0.717, 1.165) is 6.42 Å². The van der Waals surface area contributed by atoms with Gasteiger partial charge in [-0.1, -0.05) is 13.3 Å². The molecule has 1 amide bonds. The van der Waals surface area contributed by atoms with Crippen molar-refractivity contribution in [1.29, 1.82) is 0 Å². The van der Waals surface area contributed by atoms with Crippen molar-refractivity contribution in [3.63, 3.8) is 0 Å². The van der Waals surface area contributed by atoms with Gasteiger partial charge in [0.15, 0.2) is 0 Å². The fraction of sp³-hybridized carbons (Fsp3) is 0.385. The second-order valence-corrected chi connectivity index (χ2v) is 4.06. The van der Waals surface area contributed by atoms with Gasteiger partial charge < -0.3 is 10.4 Å². The molecule has 1 aromatic carbocycles. The summed E-state index contributed by atoms with van der Waals surface area (Å²) in [7, 11) is 0. The zero-order chi connectivity index (χ0) is 13.5. The molecule has 2 N–H and O–H groups in total. The Hall–Kier alpha value is -1.91. The molecule has 0 bridgehead atoms. The summed E-state index contributed by atoms with van der Waals surface area (Å²) in [6, 6.07) is 4.73. The average Bonchev–Trinajstić information content (AvgIpc) is 2.29. The number of benzene rings is 1. The SMILES string of the molecule is CCCC(CC(=O)O)NC(=O)c1ccc(F)cc1. The Labute approximate surface area is 105 Å². The quantitative estimate of drug-likeness (QED) is 0.816. The van der Waals surface area contributed by atoms with Crippen LogP contribution in [0.3, 0.4) is 0 Å². The number of rotatable bonds is 6. The third kappa shape index (κ3) is 4.53. The summed E-state index contributed by atoms with van der Waals surface area (Å²) in [5, 5.41) is 11.4. The van der Waals surface area contributed by atoms with Crippen LogP contribution < -0.4 is 5.32 Å². The molecule has 1 aromatic rings. The van der Waals surface area contributed by atoms with Crippen molar-refractivity contribution >= 4 is 11.9 Å². The van der Waals surface area contributed by atoms with Crippen LogP contribution in [0.15, 0.2) is 24.3 Å². The minimum absolute atomic E-state index is 0.110. The molecule has 0 aliphatic heterocycles. The second-order valence-electron chi connectivity index (χ2n) is 4.06. The van der Waals surface area contributed by atoms with E-state index in [1.54, 1.807) is 0 Å². The van der Waals surface area contributed by atoms with Gasteiger partial charge in [0.05, 0.1) is 6.42 Å². The van der Waals surface area contributed by atoms with Crippen molar-refractivity contribution < 1.29 is 19.1 Å². The largest absolute Gasteiger partial charge is 0.481 e. The Bertz CT molecular complexity index is 417. The summed E-state index contributed by atoms with van der Waals surface area (Å²) in [5.41, 5.74) is 0.322. The minimum Gasteiger partial charge on any atom is -0.481 e. The smallest absolute Gasteiger partial charge is 0.305 e. The summed E-state index contributed by atoms with van der Waals surface area (Å²) in [6.45, 7) is 1.92. The van der Waals surface area contributed by atoms with Gasteiger partial charge in [0.25, 0.3) is 5.91 Å². The highest BCUT2D eigenvalue weighted by Crippen LogP contribution is 2.06. The number of carbonyl (C=O) groups excluding carboxylic acids is 1. The molecule has 0 saturated carbocycles. The molecule has 1 rings (SSSR count). The lowest BCUT2D eigenvalue weighted by molar-refractivity contribution is -0.137. The van der Waals surface area contributed by atoms with E-state index in [1.165, 1.54) is 24.3 Å². The fourth-order valence-corrected chi connectivity index (χ4v) is 1.65. The fourth-order valence-electron chi connectivity index (χ4n) is 1.65. The number of carbonyl (C=O) groups is 2. The van der Waals surface area contributed by atoms with Gasteiger partial charge in [0.1, 0.15) is 5.82 Å². The van der Waals surface area contributed by atoms with Crippen molar-refractivity contribution in [3.05, 3.63) is 35.6 Å². The summed E-state index contributed by atoms with van der Waals surface area (Å²) in [4.78, 5) is 22.4. The first-order valence-corrected chi connectivity index (χ1v) is 5.81. The second kappa shape index (κ2) is 6.74. The minimum atomic E-state index is -0.951. The Morgan fingerprint density at radius 3 is 2.44 bits per heavy atom. The molecular weight excluding hydrogens is 237 g/mol. The van der Waals surface area contributed by atoms with Crippen LogP contribution in [0, 0.1) is 5.82 Å². The molecular formula is C13H16FNO3. The van der Waals surface area contributed by atoms with Crippen LogP contribution in [0.1, 0.15) is 36.5 Å². The van der Waals surface area contributed by atoms with E-state index in [9.17, 15) is 14.0 Å². The van der Waals surface area contributed by atoms with E-state index in [0.29, 0.717) is 12.0 Å². The number of amides is 1. The van der Waals surface area contributed by atoms with Crippen molar-refractivity contribution in [2.75, 3.05) is 0 Å². The summed E-state index contributed by atoms with van der Waals surface area (Å²) < 4.78 is 12.7. The molecule has 0 aromatic heterocycles. The zero-order valence-electron chi connectivity index (χ0n) is 10.1. The lowest BCUT2D eigenvalue weighted by atomic mass is 10.1. The van der Waals surface area contributed by atoms with Gasteiger partial charge in [-0.2, -0.15) is 0 Å². The Balaban J connectivity index is 2.65. The van der Waals surface area contributed by atoms with Crippen LogP contribution in [0.4, 0.5) is 4.39 Å². The van der Waals surface area contributed by atoms with E-state index in [-0.39, 0.29) is 12.3 Å². The van der Waals surface area contributed by atoms with Crippen LogP contribution in [-0.4, -0.2) is 23.0 Å². The number of nitrogens with one attached hydrogen (secondary N) is 1. The number of halogens is 1. The monoisotopic (exact) mass is 253 g/mol. The summed E-state index contributed by atoms with van der Waals surface area (Å²) in [6.07, 6.45) is 1.27. The average molecular weight is 253 g/mol. The van der Waals surface area contributed by atoms with Crippen molar-refractivity contribution in [1.82, 2.24) is 5.32 Å². The molecule has 18 heavy (non-hydrogen) atoms. The van der Waals surface area contributed by atoms with E-state index in [2.05, 4.69) is 5.32 Å². The molecule has 0 spiro atoms. The summed E-state index contributed by atoms with van der Waals surface area (Å²) >= 11 is 0. The van der Waals surface area contributed by atoms with Gasteiger partial charge in [-0.3, -0.25) is 9.59 Å². The number of carboxylic acid groups (broad SMARTS) is 1.